The molecule has 0 saturated heterocycles. The summed E-state index contributed by atoms with van der Waals surface area (Å²) in [6.07, 6.45) is 6.62. The number of nitrogens with zero attached hydrogens (tertiary/aromatic N) is 1. The number of rotatable bonds is 3. The first-order valence-corrected chi connectivity index (χ1v) is 8.26. The summed E-state index contributed by atoms with van der Waals surface area (Å²) < 4.78 is 0. The predicted molar refractivity (Wildman–Crippen MR) is 88.8 cm³/mol. The van der Waals surface area contributed by atoms with Crippen LogP contribution in [0.25, 0.3) is 0 Å². The number of amides is 1. The number of hydrogen-bond acceptors (Lipinski definition) is 4. The third-order valence-electron chi connectivity index (χ3n) is 5.13. The fourth-order valence-corrected chi connectivity index (χ4v) is 3.66. The monoisotopic (exact) mass is 302 g/mol. The SMILES string of the molecule is CC(C)(N)C1CCC(C(=O)Nc2ccnc3c2CCN3)CC1. The molecular formula is C17H26N4O. The molecule has 0 aromatic carbocycles. The fourth-order valence-electron chi connectivity index (χ4n) is 3.66. The van der Waals surface area contributed by atoms with Crippen LogP contribution < -0.4 is 16.4 Å². The van der Waals surface area contributed by atoms with E-state index < -0.39 is 0 Å². The number of carbonyl (C=O) groups is 1. The van der Waals surface area contributed by atoms with Gasteiger partial charge in [0.15, 0.2) is 0 Å². The first-order valence-electron chi connectivity index (χ1n) is 8.26. The van der Waals surface area contributed by atoms with E-state index in [9.17, 15) is 4.79 Å². The van der Waals surface area contributed by atoms with Crippen molar-refractivity contribution in [3.63, 3.8) is 0 Å². The van der Waals surface area contributed by atoms with Gasteiger partial charge < -0.3 is 16.4 Å². The first-order chi connectivity index (χ1) is 10.4. The van der Waals surface area contributed by atoms with E-state index in [1.54, 1.807) is 6.20 Å². The zero-order chi connectivity index (χ0) is 15.7. The van der Waals surface area contributed by atoms with Crippen LogP contribution in [-0.2, 0) is 11.2 Å². The number of hydrogen-bond donors (Lipinski definition) is 3. The summed E-state index contributed by atoms with van der Waals surface area (Å²) >= 11 is 0. The molecule has 1 amide bonds. The van der Waals surface area contributed by atoms with E-state index in [0.29, 0.717) is 5.92 Å². The van der Waals surface area contributed by atoms with Crippen molar-refractivity contribution in [3.8, 4) is 0 Å². The van der Waals surface area contributed by atoms with E-state index in [2.05, 4.69) is 29.5 Å². The molecule has 1 saturated carbocycles. The fraction of sp³-hybridized carbons (Fsp3) is 0.647. The second kappa shape index (κ2) is 5.88. The molecule has 4 N–H and O–H groups in total. The standard InChI is InChI=1S/C17H26N4O/c1-17(2,18)12-5-3-11(4-6-12)16(22)21-14-8-10-20-15-13(14)7-9-19-15/h8,10-12H,3-7,9,18H2,1-2H3,(H2,19,20,21,22). The maximum absolute atomic E-state index is 12.5. The van der Waals surface area contributed by atoms with Gasteiger partial charge in [-0.2, -0.15) is 0 Å². The van der Waals surface area contributed by atoms with Gasteiger partial charge >= 0.3 is 0 Å². The summed E-state index contributed by atoms with van der Waals surface area (Å²) in [6.45, 7) is 5.07. The molecule has 3 rings (SSSR count). The lowest BCUT2D eigenvalue weighted by Gasteiger charge is -2.36. The average Bonchev–Trinajstić information content (AvgIpc) is 2.96. The molecule has 1 fully saturated rings. The average molecular weight is 302 g/mol. The topological polar surface area (TPSA) is 80.0 Å². The number of nitrogens with two attached hydrogens (primary N) is 1. The molecule has 2 heterocycles. The molecule has 0 atom stereocenters. The minimum Gasteiger partial charge on any atom is -0.369 e. The zero-order valence-corrected chi connectivity index (χ0v) is 13.5. The van der Waals surface area contributed by atoms with E-state index in [1.165, 1.54) is 0 Å². The number of fused-ring (bicyclic) bond motifs is 1. The van der Waals surface area contributed by atoms with E-state index in [1.807, 2.05) is 6.07 Å². The highest BCUT2D eigenvalue weighted by molar-refractivity contribution is 5.94. The van der Waals surface area contributed by atoms with Gasteiger partial charge in [-0.25, -0.2) is 4.98 Å². The highest BCUT2D eigenvalue weighted by Gasteiger charge is 2.33. The van der Waals surface area contributed by atoms with Crippen molar-refractivity contribution in [2.45, 2.75) is 51.5 Å². The molecule has 120 valence electrons. The second-order valence-corrected chi connectivity index (χ2v) is 7.22. The van der Waals surface area contributed by atoms with E-state index in [0.717, 1.165) is 55.7 Å². The molecule has 1 aromatic rings. The van der Waals surface area contributed by atoms with Gasteiger partial charge in [-0.15, -0.1) is 0 Å². The molecule has 1 aliphatic heterocycles. The minimum atomic E-state index is -0.140. The molecule has 1 aliphatic carbocycles. The summed E-state index contributed by atoms with van der Waals surface area (Å²) in [5.74, 6) is 1.68. The van der Waals surface area contributed by atoms with Gasteiger partial charge in [0, 0.05) is 35.4 Å². The quantitative estimate of drug-likeness (QED) is 0.801. The molecule has 1 aromatic heterocycles. The van der Waals surface area contributed by atoms with E-state index >= 15 is 0 Å². The Labute approximate surface area is 132 Å². The Morgan fingerprint density at radius 1 is 1.36 bits per heavy atom. The van der Waals surface area contributed by atoms with Gasteiger partial charge in [-0.1, -0.05) is 0 Å². The Morgan fingerprint density at radius 2 is 2.09 bits per heavy atom. The first kappa shape index (κ1) is 15.3. The maximum Gasteiger partial charge on any atom is 0.227 e. The smallest absolute Gasteiger partial charge is 0.227 e. The van der Waals surface area contributed by atoms with Crippen molar-refractivity contribution in [3.05, 3.63) is 17.8 Å². The molecule has 22 heavy (non-hydrogen) atoms. The molecule has 2 aliphatic rings. The largest absolute Gasteiger partial charge is 0.369 e. The highest BCUT2D eigenvalue weighted by Crippen LogP contribution is 2.35. The van der Waals surface area contributed by atoms with Crippen molar-refractivity contribution >= 4 is 17.4 Å². The molecule has 0 radical (unpaired) electrons. The summed E-state index contributed by atoms with van der Waals surface area (Å²) in [5.41, 5.74) is 8.11. The van der Waals surface area contributed by atoms with Crippen molar-refractivity contribution in [1.82, 2.24) is 4.98 Å². The second-order valence-electron chi connectivity index (χ2n) is 7.22. The summed E-state index contributed by atoms with van der Waals surface area (Å²) in [4.78, 5) is 16.8. The number of anilines is 2. The van der Waals surface area contributed by atoms with Crippen LogP contribution in [0.1, 0.15) is 45.1 Å². The molecule has 0 bridgehead atoms. The Hall–Kier alpha value is -1.62. The Balaban J connectivity index is 1.61. The summed E-state index contributed by atoms with van der Waals surface area (Å²) in [6, 6.07) is 1.90. The third kappa shape index (κ3) is 3.09. The molecule has 0 spiro atoms. The van der Waals surface area contributed by atoms with Gasteiger partial charge in [0.1, 0.15) is 5.82 Å². The van der Waals surface area contributed by atoms with Crippen LogP contribution >= 0.6 is 0 Å². The van der Waals surface area contributed by atoms with Crippen molar-refractivity contribution in [2.24, 2.45) is 17.6 Å². The third-order valence-corrected chi connectivity index (χ3v) is 5.13. The van der Waals surface area contributed by atoms with Gasteiger partial charge in [0.2, 0.25) is 5.91 Å². The van der Waals surface area contributed by atoms with Crippen LogP contribution in [0.2, 0.25) is 0 Å². The zero-order valence-electron chi connectivity index (χ0n) is 13.5. The van der Waals surface area contributed by atoms with Crippen LogP contribution in [0.15, 0.2) is 12.3 Å². The number of carbonyl (C=O) groups excluding carboxylic acids is 1. The van der Waals surface area contributed by atoms with E-state index in [4.69, 9.17) is 5.73 Å². The normalized spacial score (nSPS) is 24.5. The van der Waals surface area contributed by atoms with E-state index in [-0.39, 0.29) is 17.4 Å². The Bertz CT molecular complexity index is 556. The van der Waals surface area contributed by atoms with Crippen molar-refractivity contribution < 1.29 is 4.79 Å². The van der Waals surface area contributed by atoms with Gasteiger partial charge in [-0.05, 0) is 57.9 Å². The maximum atomic E-state index is 12.5. The lowest BCUT2D eigenvalue weighted by atomic mass is 9.73. The molecule has 5 nitrogen and oxygen atoms in total. The minimum absolute atomic E-state index is 0.108. The van der Waals surface area contributed by atoms with Crippen LogP contribution in [-0.4, -0.2) is 23.0 Å². The van der Waals surface area contributed by atoms with Gasteiger partial charge in [0.05, 0.1) is 0 Å². The number of pyridine rings is 1. The van der Waals surface area contributed by atoms with Crippen molar-refractivity contribution in [2.75, 3.05) is 17.2 Å². The van der Waals surface area contributed by atoms with Crippen LogP contribution in [0.4, 0.5) is 11.5 Å². The van der Waals surface area contributed by atoms with Crippen LogP contribution in [0.3, 0.4) is 0 Å². The molecule has 5 heteroatoms. The van der Waals surface area contributed by atoms with Crippen molar-refractivity contribution in [1.29, 1.82) is 0 Å². The Kier molecular flexibility index (Phi) is 4.08. The number of aromatic nitrogens is 1. The predicted octanol–water partition coefficient (Wildman–Crippen LogP) is 2.53. The van der Waals surface area contributed by atoms with Gasteiger partial charge in [-0.3, -0.25) is 4.79 Å². The molecule has 0 unspecified atom stereocenters. The Morgan fingerprint density at radius 3 is 2.77 bits per heavy atom. The summed E-state index contributed by atoms with van der Waals surface area (Å²) in [7, 11) is 0. The summed E-state index contributed by atoms with van der Waals surface area (Å²) in [5, 5.41) is 6.35. The van der Waals surface area contributed by atoms with Gasteiger partial charge in [0.25, 0.3) is 0 Å². The lowest BCUT2D eigenvalue weighted by Crippen LogP contribution is -2.43. The molecular weight excluding hydrogens is 276 g/mol. The number of nitrogens with one attached hydrogen (secondary N) is 2. The van der Waals surface area contributed by atoms with Crippen LogP contribution in [0, 0.1) is 11.8 Å². The highest BCUT2D eigenvalue weighted by atomic mass is 16.1. The van der Waals surface area contributed by atoms with Crippen LogP contribution in [0.5, 0.6) is 0 Å². The lowest BCUT2D eigenvalue weighted by molar-refractivity contribution is -0.121.